The largest absolute Gasteiger partial charge is 0.452 e. The molecule has 0 radical (unpaired) electrons. The van der Waals surface area contributed by atoms with Gasteiger partial charge in [-0.15, -0.1) is 0 Å². The molecule has 1 rings (SSSR count). The van der Waals surface area contributed by atoms with Crippen LogP contribution in [0.25, 0.3) is 0 Å². The first-order valence-corrected chi connectivity index (χ1v) is 4.02. The van der Waals surface area contributed by atoms with Gasteiger partial charge in [0, 0.05) is 18.1 Å². The summed E-state index contributed by atoms with van der Waals surface area (Å²) in [7, 11) is 0. The molecule has 74 valence electrons. The minimum Gasteiger partial charge on any atom is -0.358 e. The van der Waals surface area contributed by atoms with Crippen LogP contribution in [0.1, 0.15) is 5.82 Å². The molecular formula is C5H5F4N3S. The van der Waals surface area contributed by atoms with Crippen molar-refractivity contribution in [2.75, 3.05) is 18.5 Å². The first kappa shape index (κ1) is 10.2. The predicted octanol–water partition coefficient (Wildman–Crippen LogP) is 1.94. The van der Waals surface area contributed by atoms with E-state index in [1.54, 1.807) is 0 Å². The SMILES string of the molecule is FCCNc1nc(C(F)(F)F)ns1. The molecule has 0 aliphatic heterocycles. The predicted molar refractivity (Wildman–Crippen MR) is 39.4 cm³/mol. The molecule has 0 amide bonds. The van der Waals surface area contributed by atoms with E-state index in [2.05, 4.69) is 14.7 Å². The second kappa shape index (κ2) is 3.86. The topological polar surface area (TPSA) is 37.8 Å². The van der Waals surface area contributed by atoms with Gasteiger partial charge in [-0.05, 0) is 0 Å². The van der Waals surface area contributed by atoms with Gasteiger partial charge >= 0.3 is 6.18 Å². The van der Waals surface area contributed by atoms with Crippen molar-refractivity contribution < 1.29 is 17.6 Å². The number of nitrogens with one attached hydrogen (secondary N) is 1. The first-order valence-electron chi connectivity index (χ1n) is 3.25. The summed E-state index contributed by atoms with van der Waals surface area (Å²) in [6.07, 6.45) is -4.54. The van der Waals surface area contributed by atoms with Gasteiger partial charge in [-0.25, -0.2) is 4.39 Å². The summed E-state index contributed by atoms with van der Waals surface area (Å²) >= 11 is 0.557. The van der Waals surface area contributed by atoms with E-state index in [-0.39, 0.29) is 11.7 Å². The molecule has 0 saturated carbocycles. The molecule has 0 aliphatic rings. The number of aromatic nitrogens is 2. The van der Waals surface area contributed by atoms with Crippen molar-refractivity contribution in [3.8, 4) is 0 Å². The van der Waals surface area contributed by atoms with Crippen LogP contribution < -0.4 is 5.32 Å². The van der Waals surface area contributed by atoms with E-state index in [0.29, 0.717) is 11.5 Å². The van der Waals surface area contributed by atoms with Crippen molar-refractivity contribution in [3.63, 3.8) is 0 Å². The van der Waals surface area contributed by atoms with E-state index >= 15 is 0 Å². The highest BCUT2D eigenvalue weighted by Gasteiger charge is 2.35. The number of alkyl halides is 4. The summed E-state index contributed by atoms with van der Waals surface area (Å²) in [6, 6.07) is 0. The molecule has 0 aliphatic carbocycles. The molecule has 0 fully saturated rings. The van der Waals surface area contributed by atoms with Gasteiger partial charge in [0.05, 0.1) is 0 Å². The average Bonchev–Trinajstić information content (AvgIpc) is 2.47. The molecule has 0 atom stereocenters. The average molecular weight is 215 g/mol. The Hall–Kier alpha value is -0.920. The molecule has 3 nitrogen and oxygen atoms in total. The number of hydrogen-bond acceptors (Lipinski definition) is 4. The number of rotatable bonds is 3. The lowest BCUT2D eigenvalue weighted by Crippen LogP contribution is -2.08. The van der Waals surface area contributed by atoms with E-state index in [1.807, 2.05) is 0 Å². The normalized spacial score (nSPS) is 11.7. The first-order chi connectivity index (χ1) is 6.04. The van der Waals surface area contributed by atoms with E-state index < -0.39 is 18.7 Å². The Kier molecular flexibility index (Phi) is 3.02. The van der Waals surface area contributed by atoms with Crippen LogP contribution in [0.4, 0.5) is 22.7 Å². The third kappa shape index (κ3) is 2.79. The molecule has 1 aromatic rings. The molecule has 8 heteroatoms. The molecular weight excluding hydrogens is 210 g/mol. The van der Waals surface area contributed by atoms with E-state index in [0.717, 1.165) is 0 Å². The maximum atomic E-state index is 11.9. The van der Waals surface area contributed by atoms with Crippen LogP contribution >= 0.6 is 11.5 Å². The van der Waals surface area contributed by atoms with Crippen molar-refractivity contribution in [1.29, 1.82) is 0 Å². The van der Waals surface area contributed by atoms with Crippen LogP contribution in [0, 0.1) is 0 Å². The quantitative estimate of drug-likeness (QED) is 0.783. The maximum absolute atomic E-state index is 11.9. The van der Waals surface area contributed by atoms with Gasteiger partial charge in [0.15, 0.2) is 0 Å². The monoisotopic (exact) mass is 215 g/mol. The van der Waals surface area contributed by atoms with Crippen LogP contribution in [-0.2, 0) is 6.18 Å². The van der Waals surface area contributed by atoms with Crippen LogP contribution in [0.15, 0.2) is 0 Å². The van der Waals surface area contributed by atoms with Gasteiger partial charge in [-0.3, -0.25) is 0 Å². The second-order valence-electron chi connectivity index (χ2n) is 2.04. The highest BCUT2D eigenvalue weighted by Crippen LogP contribution is 2.28. The lowest BCUT2D eigenvalue weighted by atomic mass is 10.6. The summed E-state index contributed by atoms with van der Waals surface area (Å²) in [5, 5.41) is 2.33. The molecule has 0 saturated heterocycles. The molecule has 0 aromatic carbocycles. The molecule has 1 aromatic heterocycles. The van der Waals surface area contributed by atoms with Crippen molar-refractivity contribution in [2.24, 2.45) is 0 Å². The summed E-state index contributed by atoms with van der Waals surface area (Å²) in [5.41, 5.74) is 0. The zero-order valence-corrected chi connectivity index (χ0v) is 7.05. The van der Waals surface area contributed by atoms with Gasteiger partial charge in [0.25, 0.3) is 0 Å². The second-order valence-corrected chi connectivity index (χ2v) is 2.79. The Labute approximate surface area is 75.0 Å². The molecule has 13 heavy (non-hydrogen) atoms. The summed E-state index contributed by atoms with van der Waals surface area (Å²) in [5.74, 6) is -1.20. The molecule has 0 spiro atoms. The zero-order valence-electron chi connectivity index (χ0n) is 6.23. The maximum Gasteiger partial charge on any atom is 0.452 e. The van der Waals surface area contributed by atoms with E-state index in [1.165, 1.54) is 0 Å². The highest BCUT2D eigenvalue weighted by atomic mass is 32.1. The van der Waals surface area contributed by atoms with Crippen molar-refractivity contribution in [1.82, 2.24) is 9.36 Å². The molecule has 0 bridgehead atoms. The van der Waals surface area contributed by atoms with Gasteiger partial charge in [-0.1, -0.05) is 0 Å². The minimum atomic E-state index is -4.54. The van der Waals surface area contributed by atoms with Crippen LogP contribution in [0.2, 0.25) is 0 Å². The fourth-order valence-electron chi connectivity index (χ4n) is 0.565. The molecule has 1 N–H and O–H groups in total. The Morgan fingerprint density at radius 2 is 2.08 bits per heavy atom. The van der Waals surface area contributed by atoms with Gasteiger partial charge in [0.2, 0.25) is 11.0 Å². The molecule has 0 unspecified atom stereocenters. The third-order valence-electron chi connectivity index (χ3n) is 1.05. The number of anilines is 1. The number of halogens is 4. The zero-order chi connectivity index (χ0) is 9.90. The van der Waals surface area contributed by atoms with Crippen LogP contribution in [-0.4, -0.2) is 22.6 Å². The summed E-state index contributed by atoms with van der Waals surface area (Å²) in [4.78, 5) is 3.12. The van der Waals surface area contributed by atoms with Crippen molar-refractivity contribution in [3.05, 3.63) is 5.82 Å². The van der Waals surface area contributed by atoms with Crippen LogP contribution in [0.5, 0.6) is 0 Å². The van der Waals surface area contributed by atoms with Crippen molar-refractivity contribution >= 4 is 16.7 Å². The lowest BCUT2D eigenvalue weighted by molar-refractivity contribution is -0.144. The Bertz CT molecular complexity index is 271. The number of nitrogens with zero attached hydrogens (tertiary/aromatic N) is 2. The third-order valence-corrected chi connectivity index (χ3v) is 1.72. The Balaban J connectivity index is 2.64. The fraction of sp³-hybridized carbons (Fsp3) is 0.600. The van der Waals surface area contributed by atoms with E-state index in [9.17, 15) is 17.6 Å². The summed E-state index contributed by atoms with van der Waals surface area (Å²) < 4.78 is 50.4. The Morgan fingerprint density at radius 3 is 2.54 bits per heavy atom. The number of hydrogen-bond donors (Lipinski definition) is 1. The van der Waals surface area contributed by atoms with Crippen LogP contribution in [0.3, 0.4) is 0 Å². The Morgan fingerprint density at radius 1 is 1.38 bits per heavy atom. The fourth-order valence-corrected chi connectivity index (χ4v) is 1.18. The standard InChI is InChI=1S/C5H5F4N3S/c6-1-2-10-4-11-3(12-13-4)5(7,8)9/h1-2H2,(H,10,11,12). The minimum absolute atomic E-state index is 0.0232. The lowest BCUT2D eigenvalue weighted by Gasteiger charge is -1.98. The highest BCUT2D eigenvalue weighted by molar-refractivity contribution is 7.09. The molecule has 1 heterocycles. The van der Waals surface area contributed by atoms with Gasteiger partial charge < -0.3 is 5.32 Å². The van der Waals surface area contributed by atoms with E-state index in [4.69, 9.17) is 0 Å². The smallest absolute Gasteiger partial charge is 0.358 e. The van der Waals surface area contributed by atoms with Gasteiger partial charge in [0.1, 0.15) is 6.67 Å². The van der Waals surface area contributed by atoms with Crippen molar-refractivity contribution in [2.45, 2.75) is 6.18 Å². The van der Waals surface area contributed by atoms with Gasteiger partial charge in [-0.2, -0.15) is 22.5 Å². The summed E-state index contributed by atoms with van der Waals surface area (Å²) in [6.45, 7) is -0.729.